The molecule has 0 atom stereocenters. The lowest BCUT2D eigenvalue weighted by atomic mass is 10.00. The molecule has 10 nitrogen and oxygen atoms in total. The Bertz CT molecular complexity index is 1290. The molecular weight excluding hydrogens is 507 g/mol. The standard InChI is InChI=1S/C23H25N5O3.C2HF3O2/c1-26-13-14-28(23(26)30)17-7-5-16(6-8-17)18-3-2-4-19(22(18)29)20-15-21(25-31-20)27-11-9-24-10-12-27;3-2(4,5)1(6)7/h2-8,15,24,29H,9-14H2,1H3;(H,6,7). The third-order valence-corrected chi connectivity index (χ3v) is 6.19. The molecule has 1 aromatic heterocycles. The Morgan fingerprint density at radius 1 is 1.03 bits per heavy atom. The van der Waals surface area contributed by atoms with Gasteiger partial charge >= 0.3 is 18.2 Å². The average Bonchev–Trinajstić information content (AvgIpc) is 3.52. The van der Waals surface area contributed by atoms with E-state index in [4.69, 9.17) is 14.4 Å². The summed E-state index contributed by atoms with van der Waals surface area (Å²) in [6, 6.07) is 15.1. The Hall–Kier alpha value is -4.26. The molecule has 202 valence electrons. The Morgan fingerprint density at radius 3 is 2.24 bits per heavy atom. The molecular formula is C25H26F3N5O5. The maximum absolute atomic E-state index is 12.2. The van der Waals surface area contributed by atoms with E-state index in [9.17, 15) is 23.1 Å². The highest BCUT2D eigenvalue weighted by atomic mass is 19.4. The third kappa shape index (κ3) is 5.83. The van der Waals surface area contributed by atoms with Crippen molar-refractivity contribution < 1.29 is 37.5 Å². The van der Waals surface area contributed by atoms with Crippen LogP contribution < -0.4 is 15.1 Å². The molecule has 2 amide bonds. The van der Waals surface area contributed by atoms with Gasteiger partial charge in [-0.05, 0) is 23.8 Å². The normalized spacial score (nSPS) is 15.9. The smallest absolute Gasteiger partial charge is 0.490 e. The first-order valence-corrected chi connectivity index (χ1v) is 11.7. The van der Waals surface area contributed by atoms with E-state index in [0.29, 0.717) is 23.4 Å². The minimum atomic E-state index is -5.08. The Labute approximate surface area is 215 Å². The van der Waals surface area contributed by atoms with Gasteiger partial charge in [0.25, 0.3) is 0 Å². The molecule has 3 heterocycles. The number of anilines is 2. The number of hydrogen-bond acceptors (Lipinski definition) is 7. The van der Waals surface area contributed by atoms with Crippen LogP contribution in [0, 0.1) is 0 Å². The largest absolute Gasteiger partial charge is 0.507 e. The zero-order valence-electron chi connectivity index (χ0n) is 20.4. The number of nitrogens with one attached hydrogen (secondary N) is 1. The predicted octanol–water partition coefficient (Wildman–Crippen LogP) is 3.63. The van der Waals surface area contributed by atoms with Crippen LogP contribution in [0.4, 0.5) is 29.5 Å². The van der Waals surface area contributed by atoms with Gasteiger partial charge in [0, 0.05) is 63.6 Å². The van der Waals surface area contributed by atoms with Crippen LogP contribution in [-0.4, -0.2) is 84.8 Å². The number of para-hydroxylation sites is 1. The summed E-state index contributed by atoms with van der Waals surface area (Å²) in [6.45, 7) is 4.97. The number of carbonyl (C=O) groups is 2. The molecule has 2 saturated heterocycles. The summed E-state index contributed by atoms with van der Waals surface area (Å²) in [5.41, 5.74) is 3.02. The van der Waals surface area contributed by atoms with Crippen LogP contribution in [0.25, 0.3) is 22.5 Å². The molecule has 0 saturated carbocycles. The number of aromatic hydroxyl groups is 1. The fourth-order valence-corrected chi connectivity index (χ4v) is 4.12. The van der Waals surface area contributed by atoms with Crippen LogP contribution in [0.2, 0.25) is 0 Å². The van der Waals surface area contributed by atoms with Gasteiger partial charge < -0.3 is 29.9 Å². The lowest BCUT2D eigenvalue weighted by Crippen LogP contribution is -2.43. The van der Waals surface area contributed by atoms with Gasteiger partial charge in [0.15, 0.2) is 11.6 Å². The van der Waals surface area contributed by atoms with Crippen molar-refractivity contribution in [3.63, 3.8) is 0 Å². The van der Waals surface area contributed by atoms with E-state index in [-0.39, 0.29) is 11.8 Å². The van der Waals surface area contributed by atoms with Crippen LogP contribution in [0.15, 0.2) is 53.1 Å². The molecule has 0 aliphatic carbocycles. The number of carbonyl (C=O) groups excluding carboxylic acids is 1. The van der Waals surface area contributed by atoms with Crippen molar-refractivity contribution in [3.05, 3.63) is 48.5 Å². The number of halogens is 3. The van der Waals surface area contributed by atoms with E-state index in [0.717, 1.165) is 49.8 Å². The molecule has 0 unspecified atom stereocenters. The molecule has 0 spiro atoms. The maximum Gasteiger partial charge on any atom is 0.490 e. The Morgan fingerprint density at radius 2 is 1.66 bits per heavy atom. The number of aliphatic carboxylic acids is 1. The first-order valence-electron chi connectivity index (χ1n) is 11.7. The minimum absolute atomic E-state index is 0.00297. The van der Waals surface area contributed by atoms with E-state index >= 15 is 0 Å². The van der Waals surface area contributed by atoms with Gasteiger partial charge in [-0.3, -0.25) is 4.90 Å². The summed E-state index contributed by atoms with van der Waals surface area (Å²) < 4.78 is 37.3. The molecule has 3 aromatic rings. The molecule has 2 fully saturated rings. The van der Waals surface area contributed by atoms with Crippen LogP contribution in [0.3, 0.4) is 0 Å². The number of nitrogens with zero attached hydrogens (tertiary/aromatic N) is 4. The monoisotopic (exact) mass is 533 g/mol. The topological polar surface area (TPSA) is 122 Å². The molecule has 0 radical (unpaired) electrons. The van der Waals surface area contributed by atoms with Gasteiger partial charge in [0.2, 0.25) is 0 Å². The van der Waals surface area contributed by atoms with E-state index in [1.54, 1.807) is 16.8 Å². The highest BCUT2D eigenvalue weighted by Gasteiger charge is 2.38. The van der Waals surface area contributed by atoms with Crippen molar-refractivity contribution in [1.29, 1.82) is 0 Å². The summed E-state index contributed by atoms with van der Waals surface area (Å²) in [4.78, 5) is 26.7. The van der Waals surface area contributed by atoms with Crippen LogP contribution in [0.1, 0.15) is 0 Å². The number of phenols is 1. The number of carboxylic acids is 1. The number of phenolic OH excluding ortho intramolecular Hbond substituents is 1. The summed E-state index contributed by atoms with van der Waals surface area (Å²) in [6.07, 6.45) is -5.08. The van der Waals surface area contributed by atoms with E-state index in [1.165, 1.54) is 0 Å². The summed E-state index contributed by atoms with van der Waals surface area (Å²) in [5, 5.41) is 25.6. The second kappa shape index (κ2) is 11.0. The van der Waals surface area contributed by atoms with Crippen molar-refractivity contribution in [1.82, 2.24) is 15.4 Å². The molecule has 2 aromatic carbocycles. The fraction of sp³-hybridized carbons (Fsp3) is 0.320. The number of benzene rings is 2. The van der Waals surface area contributed by atoms with Crippen molar-refractivity contribution in [2.75, 3.05) is 56.1 Å². The van der Waals surface area contributed by atoms with Gasteiger partial charge in [0.1, 0.15) is 5.75 Å². The van der Waals surface area contributed by atoms with Crippen LogP contribution in [0.5, 0.6) is 5.75 Å². The highest BCUT2D eigenvalue weighted by Crippen LogP contribution is 2.39. The SMILES string of the molecule is CN1CCN(c2ccc(-c3cccc(-c4cc(N5CCNCC5)no4)c3O)cc2)C1=O.O=C(O)C(F)(F)F. The zero-order chi connectivity index (χ0) is 27.4. The van der Waals surface area contributed by atoms with E-state index in [1.807, 2.05) is 48.5 Å². The fourth-order valence-electron chi connectivity index (χ4n) is 4.12. The van der Waals surface area contributed by atoms with Gasteiger partial charge in [0.05, 0.1) is 5.56 Å². The number of aromatic nitrogens is 1. The number of carboxylic acid groups (broad SMARTS) is 1. The van der Waals surface area contributed by atoms with Crippen LogP contribution in [-0.2, 0) is 4.79 Å². The lowest BCUT2D eigenvalue weighted by molar-refractivity contribution is -0.192. The quantitative estimate of drug-likeness (QED) is 0.465. The second-order valence-electron chi connectivity index (χ2n) is 8.69. The van der Waals surface area contributed by atoms with Crippen molar-refractivity contribution in [2.24, 2.45) is 0 Å². The Balaban J connectivity index is 0.000000426. The maximum atomic E-state index is 12.2. The molecule has 3 N–H and O–H groups in total. The first kappa shape index (κ1) is 26.8. The van der Waals surface area contributed by atoms with Crippen molar-refractivity contribution in [3.8, 4) is 28.2 Å². The van der Waals surface area contributed by atoms with Gasteiger partial charge in [-0.1, -0.05) is 29.4 Å². The first-order chi connectivity index (χ1) is 18.1. The molecule has 13 heteroatoms. The molecule has 2 aliphatic heterocycles. The van der Waals surface area contributed by atoms with Gasteiger partial charge in [-0.25, -0.2) is 9.59 Å². The van der Waals surface area contributed by atoms with Crippen molar-refractivity contribution in [2.45, 2.75) is 6.18 Å². The zero-order valence-corrected chi connectivity index (χ0v) is 20.4. The van der Waals surface area contributed by atoms with Gasteiger partial charge in [-0.2, -0.15) is 13.2 Å². The number of likely N-dealkylation sites (N-methyl/N-ethyl adjacent to an activating group) is 1. The van der Waals surface area contributed by atoms with Gasteiger partial charge in [-0.15, -0.1) is 0 Å². The average molecular weight is 534 g/mol. The summed E-state index contributed by atoms with van der Waals surface area (Å²) in [7, 11) is 1.80. The second-order valence-corrected chi connectivity index (χ2v) is 8.69. The van der Waals surface area contributed by atoms with E-state index in [2.05, 4.69) is 15.4 Å². The molecule has 0 bridgehead atoms. The van der Waals surface area contributed by atoms with Crippen molar-refractivity contribution >= 4 is 23.5 Å². The number of alkyl halides is 3. The number of amides is 2. The molecule has 2 aliphatic rings. The highest BCUT2D eigenvalue weighted by molar-refractivity contribution is 5.94. The number of hydrogen-bond donors (Lipinski definition) is 3. The predicted molar refractivity (Wildman–Crippen MR) is 133 cm³/mol. The van der Waals surface area contributed by atoms with Crippen LogP contribution >= 0.6 is 0 Å². The molecule has 5 rings (SSSR count). The number of rotatable bonds is 4. The molecule has 38 heavy (non-hydrogen) atoms. The lowest BCUT2D eigenvalue weighted by Gasteiger charge is -2.26. The van der Waals surface area contributed by atoms with E-state index < -0.39 is 12.1 Å². The Kier molecular flexibility index (Phi) is 7.76. The summed E-state index contributed by atoms with van der Waals surface area (Å²) in [5.74, 6) is -1.29. The third-order valence-electron chi connectivity index (χ3n) is 6.19. The number of piperazine rings is 1. The summed E-state index contributed by atoms with van der Waals surface area (Å²) >= 11 is 0. The minimum Gasteiger partial charge on any atom is -0.507 e. The number of urea groups is 1.